The van der Waals surface area contributed by atoms with Crippen molar-refractivity contribution in [3.8, 4) is 0 Å². The number of anilines is 1. The van der Waals surface area contributed by atoms with Gasteiger partial charge in [-0.05, 0) is 41.8 Å². The number of carbonyl (C=O) groups is 1. The van der Waals surface area contributed by atoms with Gasteiger partial charge in [0.15, 0.2) is 15.8 Å². The Balaban J connectivity index is 1.55. The van der Waals surface area contributed by atoms with E-state index in [2.05, 4.69) is 9.88 Å². The Labute approximate surface area is 192 Å². The molecule has 0 unspecified atom stereocenters. The van der Waals surface area contributed by atoms with Crippen molar-refractivity contribution in [2.24, 2.45) is 5.73 Å². The zero-order valence-electron chi connectivity index (χ0n) is 18.1. The molecule has 0 radical (unpaired) electrons. The first-order valence-corrected chi connectivity index (χ1v) is 12.3. The molecule has 10 nitrogen and oxygen atoms in total. The van der Waals surface area contributed by atoms with Crippen LogP contribution in [0.1, 0.15) is 24.0 Å². The number of nitrogens with zero attached hydrogens (tertiary/aromatic N) is 3. The van der Waals surface area contributed by atoms with E-state index in [4.69, 9.17) is 15.9 Å². The predicted octanol–water partition coefficient (Wildman–Crippen LogP) is 1.84. The minimum Gasteiger partial charge on any atom is -0.450 e. The normalized spacial score (nSPS) is 17.8. The van der Waals surface area contributed by atoms with Crippen molar-refractivity contribution in [1.29, 1.82) is 5.41 Å². The van der Waals surface area contributed by atoms with Crippen LogP contribution in [0.15, 0.2) is 47.6 Å². The highest BCUT2D eigenvalue weighted by atomic mass is 32.2. The number of nitrogens with two attached hydrogens (primary N) is 1. The van der Waals surface area contributed by atoms with Gasteiger partial charge in [0, 0.05) is 57.1 Å². The van der Waals surface area contributed by atoms with Crippen LogP contribution in [0.25, 0.3) is 0 Å². The summed E-state index contributed by atoms with van der Waals surface area (Å²) in [7, 11) is -3.84. The molecule has 0 spiro atoms. The van der Waals surface area contributed by atoms with E-state index in [9.17, 15) is 18.3 Å². The first kappa shape index (κ1) is 22.8. The molecular weight excluding hydrogens is 446 g/mol. The molecule has 2 aliphatic heterocycles. The zero-order chi connectivity index (χ0) is 23.6. The maximum Gasteiger partial charge on any atom is 0.506 e. The van der Waals surface area contributed by atoms with Gasteiger partial charge in [-0.15, -0.1) is 0 Å². The minimum atomic E-state index is -3.84. The van der Waals surface area contributed by atoms with Crippen LogP contribution in [0.5, 0.6) is 0 Å². The van der Waals surface area contributed by atoms with E-state index in [1.165, 1.54) is 0 Å². The molecule has 1 saturated heterocycles. The van der Waals surface area contributed by atoms with Crippen molar-refractivity contribution < 1.29 is 23.1 Å². The minimum absolute atomic E-state index is 0.0521. The van der Waals surface area contributed by atoms with Gasteiger partial charge in [-0.3, -0.25) is 10.4 Å². The molecule has 0 saturated carbocycles. The summed E-state index contributed by atoms with van der Waals surface area (Å²) in [5.41, 5.74) is 7.05. The molecule has 1 aromatic heterocycles. The number of sulfone groups is 1. The first-order chi connectivity index (χ1) is 15.7. The van der Waals surface area contributed by atoms with Gasteiger partial charge in [-0.25, -0.2) is 13.2 Å². The SMILES string of the molecule is N=C(N)N1CCc2ccc(S(=O)(=O)CC3(OC(=O)O)CCN(c4ccncc4)CC3)cc2C1. The molecule has 0 aliphatic carbocycles. The molecule has 2 aromatic rings. The van der Waals surface area contributed by atoms with E-state index in [1.54, 1.807) is 35.5 Å². The fourth-order valence-corrected chi connectivity index (χ4v) is 6.35. The van der Waals surface area contributed by atoms with Gasteiger partial charge in [-0.1, -0.05) is 6.07 Å². The van der Waals surface area contributed by atoms with E-state index < -0.39 is 27.3 Å². The maximum absolute atomic E-state index is 13.4. The van der Waals surface area contributed by atoms with Crippen LogP contribution in [0, 0.1) is 5.41 Å². The number of nitrogens with one attached hydrogen (secondary N) is 1. The molecule has 0 bridgehead atoms. The van der Waals surface area contributed by atoms with E-state index in [0.717, 1.165) is 16.8 Å². The third-order valence-corrected chi connectivity index (χ3v) is 8.23. The van der Waals surface area contributed by atoms with Crippen molar-refractivity contribution in [1.82, 2.24) is 9.88 Å². The lowest BCUT2D eigenvalue weighted by Crippen LogP contribution is -2.51. The lowest BCUT2D eigenvalue weighted by molar-refractivity contribution is -0.0192. The quantitative estimate of drug-likeness (QED) is 0.336. The number of carboxylic acid groups (broad SMARTS) is 1. The number of hydrogen-bond donors (Lipinski definition) is 3. The zero-order valence-corrected chi connectivity index (χ0v) is 18.9. The highest BCUT2D eigenvalue weighted by Crippen LogP contribution is 2.33. The lowest BCUT2D eigenvalue weighted by Gasteiger charge is -2.41. The van der Waals surface area contributed by atoms with Crippen LogP contribution >= 0.6 is 0 Å². The summed E-state index contributed by atoms with van der Waals surface area (Å²) in [6.45, 7) is 1.90. The van der Waals surface area contributed by atoms with E-state index in [0.29, 0.717) is 32.6 Å². The highest BCUT2D eigenvalue weighted by Gasteiger charge is 2.43. The number of pyridine rings is 1. The summed E-state index contributed by atoms with van der Waals surface area (Å²) in [6, 6.07) is 8.69. The highest BCUT2D eigenvalue weighted by molar-refractivity contribution is 7.91. The Hall–Kier alpha value is -3.34. The summed E-state index contributed by atoms with van der Waals surface area (Å²) in [6.07, 6.45) is 3.06. The monoisotopic (exact) mass is 473 g/mol. The molecule has 1 fully saturated rings. The van der Waals surface area contributed by atoms with Gasteiger partial charge < -0.3 is 25.4 Å². The van der Waals surface area contributed by atoms with Crippen LogP contribution in [-0.4, -0.2) is 66.5 Å². The van der Waals surface area contributed by atoms with Crippen molar-refractivity contribution >= 4 is 27.6 Å². The van der Waals surface area contributed by atoms with Crippen LogP contribution in [0.2, 0.25) is 0 Å². The summed E-state index contributed by atoms with van der Waals surface area (Å²) in [5.74, 6) is -0.477. The number of rotatable bonds is 5. The van der Waals surface area contributed by atoms with Crippen LogP contribution in [-0.2, 0) is 27.5 Å². The molecule has 4 N–H and O–H groups in total. The smallest absolute Gasteiger partial charge is 0.450 e. The second kappa shape index (κ2) is 8.89. The van der Waals surface area contributed by atoms with Gasteiger partial charge in [0.25, 0.3) is 0 Å². The molecule has 4 rings (SSSR count). The average molecular weight is 474 g/mol. The standard InChI is InChI=1S/C22H27N5O5S/c23-20(24)27-10-5-16-1-2-19(13-17(16)14-27)33(30,31)15-22(32-21(28)29)6-11-26(12-7-22)18-3-8-25-9-4-18/h1-4,8-9,13H,5-7,10-12,14-15H2,(H3,23,24)(H,28,29). The first-order valence-electron chi connectivity index (χ1n) is 10.7. The number of aromatic nitrogens is 1. The van der Waals surface area contributed by atoms with Gasteiger partial charge >= 0.3 is 6.16 Å². The molecule has 176 valence electrons. The summed E-state index contributed by atoms with van der Waals surface area (Å²) in [5, 5.41) is 17.0. The number of fused-ring (bicyclic) bond motifs is 1. The molecule has 11 heteroatoms. The van der Waals surface area contributed by atoms with Crippen molar-refractivity contribution in [3.05, 3.63) is 53.9 Å². The van der Waals surface area contributed by atoms with E-state index in [1.807, 2.05) is 12.1 Å². The number of hydrogen-bond acceptors (Lipinski definition) is 7. The van der Waals surface area contributed by atoms with Crippen molar-refractivity contribution in [2.45, 2.75) is 36.3 Å². The molecule has 33 heavy (non-hydrogen) atoms. The number of guanidine groups is 1. The molecule has 0 amide bonds. The number of ether oxygens (including phenoxy) is 1. The Morgan fingerprint density at radius 1 is 1.15 bits per heavy atom. The number of piperidine rings is 1. The third kappa shape index (κ3) is 5.03. The molecule has 0 atom stereocenters. The number of benzene rings is 1. The van der Waals surface area contributed by atoms with Crippen LogP contribution in [0.3, 0.4) is 0 Å². The Morgan fingerprint density at radius 3 is 2.48 bits per heavy atom. The largest absolute Gasteiger partial charge is 0.506 e. The summed E-state index contributed by atoms with van der Waals surface area (Å²) >= 11 is 0. The second-order valence-electron chi connectivity index (χ2n) is 8.49. The van der Waals surface area contributed by atoms with E-state index in [-0.39, 0.29) is 23.7 Å². The fourth-order valence-electron chi connectivity index (χ4n) is 4.55. The third-order valence-electron chi connectivity index (χ3n) is 6.35. The van der Waals surface area contributed by atoms with Gasteiger partial charge in [0.05, 0.1) is 10.6 Å². The van der Waals surface area contributed by atoms with Crippen LogP contribution in [0.4, 0.5) is 10.5 Å². The molecular formula is C22H27N5O5S. The second-order valence-corrected chi connectivity index (χ2v) is 10.5. The summed E-state index contributed by atoms with van der Waals surface area (Å²) in [4.78, 5) is 19.3. The van der Waals surface area contributed by atoms with Gasteiger partial charge in [-0.2, -0.15) is 0 Å². The topological polar surface area (TPSA) is 150 Å². The van der Waals surface area contributed by atoms with Gasteiger partial charge in [0.2, 0.25) is 0 Å². The summed E-state index contributed by atoms with van der Waals surface area (Å²) < 4.78 is 32.0. The van der Waals surface area contributed by atoms with Gasteiger partial charge in [0.1, 0.15) is 5.60 Å². The van der Waals surface area contributed by atoms with Crippen molar-refractivity contribution in [2.75, 3.05) is 30.3 Å². The fraction of sp³-hybridized carbons (Fsp3) is 0.409. The molecule has 1 aromatic carbocycles. The Bertz CT molecular complexity index is 1150. The lowest BCUT2D eigenvalue weighted by atomic mass is 9.93. The van der Waals surface area contributed by atoms with E-state index >= 15 is 0 Å². The Morgan fingerprint density at radius 2 is 1.85 bits per heavy atom. The maximum atomic E-state index is 13.4. The molecule has 3 heterocycles. The van der Waals surface area contributed by atoms with Crippen molar-refractivity contribution in [3.63, 3.8) is 0 Å². The molecule has 2 aliphatic rings. The average Bonchev–Trinajstić information content (AvgIpc) is 2.78. The Kier molecular flexibility index (Phi) is 6.15. The van der Waals surface area contributed by atoms with Crippen LogP contribution < -0.4 is 10.6 Å². The predicted molar refractivity (Wildman–Crippen MR) is 122 cm³/mol.